The second-order valence-corrected chi connectivity index (χ2v) is 14.8. The zero-order valence-electron chi connectivity index (χ0n) is 17.6. The molecule has 0 radical (unpaired) electrons. The van der Waals surface area contributed by atoms with E-state index in [0.29, 0.717) is 19.2 Å². The van der Waals surface area contributed by atoms with E-state index in [4.69, 9.17) is 17.7 Å². The van der Waals surface area contributed by atoms with Crippen LogP contribution in [0.4, 0.5) is 5.69 Å². The van der Waals surface area contributed by atoms with Gasteiger partial charge in [0.15, 0.2) is 0 Å². The Hall–Kier alpha value is -1.20. The minimum Gasteiger partial charge on any atom is -0.519 e. The van der Waals surface area contributed by atoms with E-state index in [0.717, 1.165) is 18.5 Å². The first kappa shape index (κ1) is 23.8. The zero-order valence-corrected chi connectivity index (χ0v) is 19.6. The fraction of sp³-hybridized carbons (Fsp3) is 0.632. The van der Waals surface area contributed by atoms with Gasteiger partial charge >= 0.3 is 14.8 Å². The van der Waals surface area contributed by atoms with E-state index in [9.17, 15) is 4.79 Å². The largest absolute Gasteiger partial charge is 0.519 e. The van der Waals surface area contributed by atoms with Crippen LogP contribution >= 0.6 is 0 Å². The van der Waals surface area contributed by atoms with Gasteiger partial charge in [-0.15, -0.1) is 0 Å². The van der Waals surface area contributed by atoms with Crippen molar-refractivity contribution in [3.8, 4) is 0 Å². The maximum Gasteiger partial charge on any atom is 0.500 e. The van der Waals surface area contributed by atoms with Gasteiger partial charge in [0.25, 0.3) is 0 Å². The van der Waals surface area contributed by atoms with Gasteiger partial charge in [0.2, 0.25) is 8.32 Å². The van der Waals surface area contributed by atoms with Crippen LogP contribution in [0, 0.1) is 0 Å². The highest BCUT2D eigenvalue weighted by Gasteiger charge is 2.38. The van der Waals surface area contributed by atoms with Gasteiger partial charge in [0, 0.05) is 39.1 Å². The summed E-state index contributed by atoms with van der Waals surface area (Å²) in [6.45, 7) is 9.66. The zero-order chi connectivity index (χ0) is 20.3. The number of benzene rings is 1. The lowest BCUT2D eigenvalue weighted by molar-refractivity contribution is -0.133. The second-order valence-electron chi connectivity index (χ2n) is 7.39. The van der Waals surface area contributed by atoms with Gasteiger partial charge in [0.05, 0.1) is 0 Å². The topological polar surface area (TPSA) is 57.2 Å². The van der Waals surface area contributed by atoms with Crippen molar-refractivity contribution in [2.75, 3.05) is 38.8 Å². The highest BCUT2D eigenvalue weighted by atomic mass is 28.4. The Morgan fingerprint density at radius 1 is 1.07 bits per heavy atom. The van der Waals surface area contributed by atoms with Gasteiger partial charge in [-0.05, 0) is 44.6 Å². The van der Waals surface area contributed by atoms with Crippen molar-refractivity contribution >= 4 is 28.8 Å². The van der Waals surface area contributed by atoms with Crippen LogP contribution in [-0.4, -0.2) is 57.0 Å². The smallest absolute Gasteiger partial charge is 0.500 e. The molecule has 0 heterocycles. The molecule has 0 aliphatic carbocycles. The number of nitrogens with zero attached hydrogens (tertiary/aromatic N) is 1. The minimum atomic E-state index is -2.65. The van der Waals surface area contributed by atoms with Gasteiger partial charge in [-0.3, -0.25) is 4.79 Å². The average Bonchev–Trinajstić information content (AvgIpc) is 2.63. The van der Waals surface area contributed by atoms with Crippen molar-refractivity contribution in [2.45, 2.75) is 45.5 Å². The van der Waals surface area contributed by atoms with Gasteiger partial charge in [-0.1, -0.05) is 25.1 Å². The molecule has 1 aromatic carbocycles. The van der Waals surface area contributed by atoms with Crippen LogP contribution < -0.4 is 4.90 Å². The molecule has 0 aliphatic rings. The molecule has 0 aliphatic heterocycles. The number of rotatable bonds is 13. The number of para-hydroxylation sites is 1. The maximum absolute atomic E-state index is 12.4. The van der Waals surface area contributed by atoms with E-state index in [1.54, 1.807) is 14.2 Å². The Kier molecular flexibility index (Phi) is 10.2. The van der Waals surface area contributed by atoms with Crippen molar-refractivity contribution in [1.29, 1.82) is 0 Å². The molecule has 0 bridgehead atoms. The van der Waals surface area contributed by atoms with Crippen molar-refractivity contribution in [3.05, 3.63) is 30.3 Å². The van der Waals surface area contributed by atoms with E-state index in [-0.39, 0.29) is 12.5 Å². The van der Waals surface area contributed by atoms with Gasteiger partial charge in [-0.2, -0.15) is 0 Å². The summed E-state index contributed by atoms with van der Waals surface area (Å²) in [6.07, 6.45) is 1.72. The van der Waals surface area contributed by atoms with E-state index in [2.05, 4.69) is 6.92 Å². The molecule has 0 amide bonds. The summed E-state index contributed by atoms with van der Waals surface area (Å²) >= 11 is 0. The third kappa shape index (κ3) is 9.03. The van der Waals surface area contributed by atoms with Crippen LogP contribution in [0.3, 0.4) is 0 Å². The molecule has 0 saturated carbocycles. The first-order chi connectivity index (χ1) is 12.7. The molecule has 8 heteroatoms. The first-order valence-electron chi connectivity index (χ1n) is 9.51. The van der Waals surface area contributed by atoms with Crippen LogP contribution in [-0.2, 0) is 22.5 Å². The summed E-state index contributed by atoms with van der Waals surface area (Å²) < 4.78 is 22.8. The van der Waals surface area contributed by atoms with E-state index in [1.807, 2.05) is 54.9 Å². The summed E-state index contributed by atoms with van der Waals surface area (Å²) in [5.74, 6) is -0.178. The molecule has 0 spiro atoms. The molecule has 0 unspecified atom stereocenters. The second kappa shape index (κ2) is 11.6. The molecule has 0 N–H and O–H groups in total. The van der Waals surface area contributed by atoms with E-state index >= 15 is 0 Å². The fourth-order valence-electron chi connectivity index (χ4n) is 2.69. The molecule has 0 aromatic heterocycles. The average molecular weight is 414 g/mol. The molecule has 0 atom stereocenters. The molecular weight excluding hydrogens is 378 g/mol. The van der Waals surface area contributed by atoms with Crippen LogP contribution in [0.1, 0.15) is 19.8 Å². The van der Waals surface area contributed by atoms with Gasteiger partial charge < -0.3 is 22.6 Å². The van der Waals surface area contributed by atoms with Crippen LogP contribution in [0.25, 0.3) is 0 Å². The predicted octanol–water partition coefficient (Wildman–Crippen LogP) is 3.92. The van der Waals surface area contributed by atoms with Gasteiger partial charge in [0.1, 0.15) is 6.54 Å². The van der Waals surface area contributed by atoms with Crippen LogP contribution in [0.15, 0.2) is 30.3 Å². The van der Waals surface area contributed by atoms with Crippen molar-refractivity contribution < 1.29 is 22.5 Å². The summed E-state index contributed by atoms with van der Waals surface area (Å²) in [5.41, 5.74) is 1.00. The third-order valence-electron chi connectivity index (χ3n) is 3.92. The summed E-state index contributed by atoms with van der Waals surface area (Å²) in [6, 6.07) is 10.6. The predicted molar refractivity (Wildman–Crippen MR) is 114 cm³/mol. The number of hydrogen-bond donors (Lipinski definition) is 0. The Bertz CT molecular complexity index is 547. The number of hydrogen-bond acceptors (Lipinski definition) is 6. The lowest BCUT2D eigenvalue weighted by Crippen LogP contribution is -2.45. The fourth-order valence-corrected chi connectivity index (χ4v) is 5.50. The van der Waals surface area contributed by atoms with E-state index < -0.39 is 17.1 Å². The first-order valence-corrected chi connectivity index (χ1v) is 14.9. The standard InChI is InChI=1S/C19H35NO5Si2/c1-7-15-24-27(22-2,23-3)16-11-14-20(18-12-9-8-10-13-18)17-19(21)25-26(4,5)6/h8-10,12-13H,7,11,14-17H2,1-6H3. The molecule has 27 heavy (non-hydrogen) atoms. The van der Waals surface area contributed by atoms with Crippen molar-refractivity contribution in [2.24, 2.45) is 0 Å². The van der Waals surface area contributed by atoms with Crippen molar-refractivity contribution in [3.63, 3.8) is 0 Å². The number of carbonyl (C=O) groups is 1. The third-order valence-corrected chi connectivity index (χ3v) is 7.61. The van der Waals surface area contributed by atoms with Crippen LogP contribution in [0.5, 0.6) is 0 Å². The summed E-state index contributed by atoms with van der Waals surface area (Å²) in [5, 5.41) is 0. The molecule has 154 valence electrons. The quantitative estimate of drug-likeness (QED) is 0.457. The van der Waals surface area contributed by atoms with E-state index in [1.165, 1.54) is 0 Å². The summed E-state index contributed by atoms with van der Waals surface area (Å²) in [4.78, 5) is 14.4. The normalized spacial score (nSPS) is 12.1. The molecule has 1 aromatic rings. The lowest BCUT2D eigenvalue weighted by Gasteiger charge is -2.29. The lowest BCUT2D eigenvalue weighted by atomic mass is 10.2. The monoisotopic (exact) mass is 413 g/mol. The minimum absolute atomic E-state index is 0.178. The highest BCUT2D eigenvalue weighted by Crippen LogP contribution is 2.20. The summed E-state index contributed by atoms with van der Waals surface area (Å²) in [7, 11) is -1.26. The molecule has 0 saturated heterocycles. The molecule has 1 rings (SSSR count). The Balaban J connectivity index is 2.75. The molecule has 0 fully saturated rings. The maximum atomic E-state index is 12.4. The SMILES string of the molecule is CCCO[Si](CCCN(CC(=O)O[Si](C)(C)C)c1ccccc1)(OC)OC. The van der Waals surface area contributed by atoms with Crippen LogP contribution in [0.2, 0.25) is 25.7 Å². The molecular formula is C19H35NO5Si2. The molecule has 6 nitrogen and oxygen atoms in total. The Labute approximate surface area is 166 Å². The number of anilines is 1. The Morgan fingerprint density at radius 3 is 2.22 bits per heavy atom. The van der Waals surface area contributed by atoms with Gasteiger partial charge in [-0.25, -0.2) is 0 Å². The van der Waals surface area contributed by atoms with Crippen molar-refractivity contribution in [1.82, 2.24) is 0 Å². The Morgan fingerprint density at radius 2 is 1.70 bits per heavy atom. The number of carbonyl (C=O) groups excluding carboxylic acids is 1. The highest BCUT2D eigenvalue weighted by molar-refractivity contribution is 6.71.